The molecule has 1 aromatic heterocycles. The van der Waals surface area contributed by atoms with Crippen molar-refractivity contribution in [1.29, 1.82) is 0 Å². The number of carbonyl (C=O) groups is 1. The molecule has 0 saturated carbocycles. The van der Waals surface area contributed by atoms with Crippen molar-refractivity contribution >= 4 is 11.6 Å². The fraction of sp³-hybridized carbons (Fsp3) is 0.524. The molecule has 1 amide bonds. The third-order valence-corrected chi connectivity index (χ3v) is 5.47. The van der Waals surface area contributed by atoms with E-state index in [1.54, 1.807) is 23.2 Å². The topological polar surface area (TPSA) is 119 Å². The van der Waals surface area contributed by atoms with Gasteiger partial charge in [0.1, 0.15) is 11.9 Å². The van der Waals surface area contributed by atoms with Crippen molar-refractivity contribution in [2.75, 3.05) is 26.2 Å². The molecule has 8 nitrogen and oxygen atoms in total. The zero-order chi connectivity index (χ0) is 21.7. The van der Waals surface area contributed by atoms with Crippen molar-refractivity contribution in [3.63, 3.8) is 0 Å². The van der Waals surface area contributed by atoms with Gasteiger partial charge in [-0.05, 0) is 25.1 Å². The van der Waals surface area contributed by atoms with E-state index in [1.165, 1.54) is 6.08 Å². The predicted octanol–water partition coefficient (Wildman–Crippen LogP) is 0.902. The Morgan fingerprint density at radius 1 is 1.60 bits per heavy atom. The molecule has 4 atom stereocenters. The SMILES string of the molecule is C=CCC(F)N=C1C(=C(N)C(O)NC2CCNC2)CN(C(=O)c2ccc[nH]2)CC1C. The lowest BCUT2D eigenvalue weighted by molar-refractivity contribution is 0.0745. The zero-order valence-electron chi connectivity index (χ0n) is 17.3. The lowest BCUT2D eigenvalue weighted by atomic mass is 9.90. The van der Waals surface area contributed by atoms with E-state index in [0.29, 0.717) is 23.5 Å². The molecule has 30 heavy (non-hydrogen) atoms. The van der Waals surface area contributed by atoms with E-state index in [0.717, 1.165) is 19.5 Å². The Balaban J connectivity index is 1.90. The number of H-pyrrole nitrogens is 1. The second-order valence-corrected chi connectivity index (χ2v) is 7.84. The number of carbonyl (C=O) groups excluding carboxylic acids is 1. The molecule has 2 saturated heterocycles. The molecule has 0 radical (unpaired) electrons. The standard InChI is InChI=1S/C21H31FN6O2/c1-3-5-17(22)27-19-13(2)11-28(21(30)16-6-4-8-25-16)12-15(19)18(23)20(29)26-14-7-9-24-10-14/h3-4,6,8,13-14,17,20,24-26,29H,1,5,7,9-12,23H2,2H3. The minimum atomic E-state index is -1.45. The maximum absolute atomic E-state index is 14.3. The molecule has 3 rings (SSSR count). The third-order valence-electron chi connectivity index (χ3n) is 5.47. The van der Waals surface area contributed by atoms with Gasteiger partial charge in [-0.2, -0.15) is 0 Å². The number of hydrogen-bond acceptors (Lipinski definition) is 6. The number of nitrogens with one attached hydrogen (secondary N) is 3. The molecular weight excluding hydrogens is 387 g/mol. The molecule has 2 fully saturated rings. The Labute approximate surface area is 176 Å². The summed E-state index contributed by atoms with van der Waals surface area (Å²) < 4.78 is 14.3. The third kappa shape index (κ3) is 5.16. The van der Waals surface area contributed by atoms with E-state index in [2.05, 4.69) is 27.2 Å². The van der Waals surface area contributed by atoms with Gasteiger partial charge in [0.25, 0.3) is 5.91 Å². The number of alkyl halides is 1. The van der Waals surface area contributed by atoms with Crippen LogP contribution in [0.1, 0.15) is 30.3 Å². The van der Waals surface area contributed by atoms with Gasteiger partial charge >= 0.3 is 0 Å². The number of likely N-dealkylation sites (tertiary alicyclic amines) is 1. The predicted molar refractivity (Wildman–Crippen MR) is 115 cm³/mol. The number of amides is 1. The lowest BCUT2D eigenvalue weighted by Gasteiger charge is -2.36. The molecule has 6 N–H and O–H groups in total. The Morgan fingerprint density at radius 3 is 3.03 bits per heavy atom. The van der Waals surface area contributed by atoms with Gasteiger partial charge in [-0.25, -0.2) is 4.39 Å². The Hall–Kier alpha value is -2.49. The van der Waals surface area contributed by atoms with E-state index in [1.807, 2.05) is 6.92 Å². The van der Waals surface area contributed by atoms with Crippen molar-refractivity contribution in [2.45, 2.75) is 38.3 Å². The first-order valence-electron chi connectivity index (χ1n) is 10.3. The van der Waals surface area contributed by atoms with Crippen LogP contribution in [0.3, 0.4) is 0 Å². The quantitative estimate of drug-likeness (QED) is 0.256. The fourth-order valence-corrected chi connectivity index (χ4v) is 3.90. The molecule has 2 aliphatic rings. The average Bonchev–Trinajstić information content (AvgIpc) is 3.42. The van der Waals surface area contributed by atoms with Crippen LogP contribution in [0.15, 0.2) is 47.2 Å². The number of aromatic amines is 1. The Kier molecular flexibility index (Phi) is 7.41. The summed E-state index contributed by atoms with van der Waals surface area (Å²) in [6, 6.07) is 3.55. The molecule has 0 spiro atoms. The number of piperidine rings is 1. The first-order valence-corrected chi connectivity index (χ1v) is 10.3. The number of aliphatic hydroxyl groups excluding tert-OH is 1. The van der Waals surface area contributed by atoms with Crippen molar-refractivity contribution in [3.05, 3.63) is 47.9 Å². The van der Waals surface area contributed by atoms with Crippen LogP contribution in [0.25, 0.3) is 0 Å². The molecule has 2 aliphatic heterocycles. The van der Waals surface area contributed by atoms with Crippen LogP contribution in [0, 0.1) is 5.92 Å². The molecule has 0 bridgehead atoms. The summed E-state index contributed by atoms with van der Waals surface area (Å²) in [5.41, 5.74) is 7.94. The van der Waals surface area contributed by atoms with E-state index in [4.69, 9.17) is 5.73 Å². The maximum Gasteiger partial charge on any atom is 0.270 e. The zero-order valence-corrected chi connectivity index (χ0v) is 17.3. The molecule has 3 heterocycles. The van der Waals surface area contributed by atoms with Gasteiger partial charge in [0.15, 0.2) is 6.30 Å². The molecule has 0 aliphatic carbocycles. The highest BCUT2D eigenvalue weighted by Crippen LogP contribution is 2.24. The summed E-state index contributed by atoms with van der Waals surface area (Å²) >= 11 is 0. The van der Waals surface area contributed by atoms with Gasteiger partial charge in [-0.1, -0.05) is 13.0 Å². The van der Waals surface area contributed by atoms with E-state index in [-0.39, 0.29) is 36.5 Å². The normalized spacial score (nSPS) is 27.2. The summed E-state index contributed by atoms with van der Waals surface area (Å²) in [5, 5.41) is 17.0. The number of aromatic nitrogens is 1. The molecular formula is C21H31FN6O2. The van der Waals surface area contributed by atoms with Crippen LogP contribution in [0.5, 0.6) is 0 Å². The second kappa shape index (κ2) is 10.0. The average molecular weight is 419 g/mol. The monoisotopic (exact) mass is 418 g/mol. The van der Waals surface area contributed by atoms with Crippen molar-refractivity contribution < 1.29 is 14.3 Å². The highest BCUT2D eigenvalue weighted by molar-refractivity contribution is 6.05. The summed E-state index contributed by atoms with van der Waals surface area (Å²) in [7, 11) is 0. The highest BCUT2D eigenvalue weighted by atomic mass is 19.1. The van der Waals surface area contributed by atoms with Gasteiger partial charge < -0.3 is 26.0 Å². The number of nitrogens with zero attached hydrogens (tertiary/aromatic N) is 2. The van der Waals surface area contributed by atoms with Crippen molar-refractivity contribution in [3.8, 4) is 0 Å². The van der Waals surface area contributed by atoms with Gasteiger partial charge in [0.05, 0.1) is 5.70 Å². The molecule has 4 unspecified atom stereocenters. The van der Waals surface area contributed by atoms with Crippen LogP contribution < -0.4 is 16.4 Å². The summed E-state index contributed by atoms with van der Waals surface area (Å²) in [4.78, 5) is 21.7. The number of aliphatic hydroxyl groups is 1. The van der Waals surface area contributed by atoms with E-state index < -0.39 is 12.5 Å². The van der Waals surface area contributed by atoms with Crippen LogP contribution >= 0.6 is 0 Å². The summed E-state index contributed by atoms with van der Waals surface area (Å²) in [5.74, 6) is -0.420. The van der Waals surface area contributed by atoms with Crippen LogP contribution in [-0.2, 0) is 0 Å². The largest absolute Gasteiger partial charge is 0.398 e. The Morgan fingerprint density at radius 2 is 2.40 bits per heavy atom. The minimum absolute atomic E-state index is 0.0864. The van der Waals surface area contributed by atoms with Gasteiger partial charge in [0, 0.05) is 55.5 Å². The van der Waals surface area contributed by atoms with Gasteiger partial charge in [-0.3, -0.25) is 15.1 Å². The molecule has 9 heteroatoms. The van der Waals surface area contributed by atoms with Gasteiger partial charge in [-0.15, -0.1) is 6.58 Å². The van der Waals surface area contributed by atoms with Gasteiger partial charge in [0.2, 0.25) is 0 Å². The van der Waals surface area contributed by atoms with Crippen molar-refractivity contribution in [2.24, 2.45) is 16.6 Å². The van der Waals surface area contributed by atoms with Crippen LogP contribution in [0.2, 0.25) is 0 Å². The number of halogens is 1. The maximum atomic E-state index is 14.3. The Bertz CT molecular complexity index is 800. The summed E-state index contributed by atoms with van der Waals surface area (Å²) in [6.45, 7) is 7.57. The van der Waals surface area contributed by atoms with E-state index in [9.17, 15) is 14.3 Å². The molecule has 164 valence electrons. The molecule has 1 aromatic rings. The number of rotatable bonds is 7. The number of nitrogens with two attached hydrogens (primary N) is 1. The number of hydrogen-bond donors (Lipinski definition) is 5. The molecule has 0 aromatic carbocycles. The minimum Gasteiger partial charge on any atom is -0.398 e. The van der Waals surface area contributed by atoms with Crippen molar-refractivity contribution in [1.82, 2.24) is 20.5 Å². The first-order chi connectivity index (χ1) is 14.4. The first kappa shape index (κ1) is 22.2. The highest BCUT2D eigenvalue weighted by Gasteiger charge is 2.33. The number of aliphatic imine (C=N–C) groups is 1. The van der Waals surface area contributed by atoms with Crippen LogP contribution in [-0.4, -0.2) is 71.4 Å². The lowest BCUT2D eigenvalue weighted by Crippen LogP contribution is -2.49. The smallest absolute Gasteiger partial charge is 0.270 e. The second-order valence-electron chi connectivity index (χ2n) is 7.84. The summed E-state index contributed by atoms with van der Waals surface area (Å²) in [6.07, 6.45) is 1.56. The van der Waals surface area contributed by atoms with Crippen LogP contribution in [0.4, 0.5) is 4.39 Å². The fourth-order valence-electron chi connectivity index (χ4n) is 3.90. The van der Waals surface area contributed by atoms with E-state index >= 15 is 0 Å².